The summed E-state index contributed by atoms with van der Waals surface area (Å²) in [6.45, 7) is 1.84. The highest BCUT2D eigenvalue weighted by Crippen LogP contribution is 2.21. The van der Waals surface area contributed by atoms with Crippen LogP contribution in [-0.2, 0) is 32.1 Å². The maximum absolute atomic E-state index is 13.2. The Bertz CT molecular complexity index is 998. The standard InChI is InChI=1S/C22H30N4O6/c1-30-13-10-25-20(23)19(21(28)24-22(25)29)26(14-16-6-3-2-4-7-16)18(27)9-12-31-15-17-8-5-11-32-17/h2-4,6-7,17H,5,8-15,23H2,1H3,(H,24,28,29). The van der Waals surface area contributed by atoms with E-state index in [1.807, 2.05) is 30.3 Å². The molecule has 10 nitrogen and oxygen atoms in total. The number of methoxy groups -OCH3 is 1. The van der Waals surface area contributed by atoms with Crippen molar-refractivity contribution in [3.63, 3.8) is 0 Å². The fraction of sp³-hybridized carbons (Fsp3) is 0.500. The fourth-order valence-corrected chi connectivity index (χ4v) is 3.59. The smallest absolute Gasteiger partial charge is 0.330 e. The number of nitrogen functional groups attached to an aromatic ring is 1. The van der Waals surface area contributed by atoms with Gasteiger partial charge in [0.05, 0.1) is 45.4 Å². The average molecular weight is 447 g/mol. The molecule has 3 rings (SSSR count). The summed E-state index contributed by atoms with van der Waals surface area (Å²) in [7, 11) is 1.50. The van der Waals surface area contributed by atoms with Crippen LogP contribution in [0.4, 0.5) is 11.5 Å². The molecule has 3 N–H and O–H groups in total. The van der Waals surface area contributed by atoms with Crippen LogP contribution in [0, 0.1) is 0 Å². The predicted octanol–water partition coefficient (Wildman–Crippen LogP) is 0.884. The predicted molar refractivity (Wildman–Crippen MR) is 120 cm³/mol. The molecule has 0 radical (unpaired) electrons. The number of carbonyl (C=O) groups excluding carboxylic acids is 1. The molecule has 0 aliphatic carbocycles. The molecule has 32 heavy (non-hydrogen) atoms. The van der Waals surface area contributed by atoms with Crippen LogP contribution in [0.5, 0.6) is 0 Å². The Balaban J connectivity index is 1.83. The molecule has 174 valence electrons. The second-order valence-corrected chi connectivity index (χ2v) is 7.56. The van der Waals surface area contributed by atoms with Gasteiger partial charge in [-0.05, 0) is 18.4 Å². The van der Waals surface area contributed by atoms with Crippen LogP contribution in [0.15, 0.2) is 39.9 Å². The molecule has 1 amide bonds. The Morgan fingerprint density at radius 1 is 1.28 bits per heavy atom. The van der Waals surface area contributed by atoms with Gasteiger partial charge in [0.2, 0.25) is 5.91 Å². The number of carbonyl (C=O) groups is 1. The minimum atomic E-state index is -0.717. The number of hydrogen-bond donors (Lipinski definition) is 2. The van der Waals surface area contributed by atoms with E-state index in [1.165, 1.54) is 16.6 Å². The van der Waals surface area contributed by atoms with Crippen molar-refractivity contribution >= 4 is 17.4 Å². The van der Waals surface area contributed by atoms with E-state index in [-0.39, 0.29) is 56.2 Å². The van der Waals surface area contributed by atoms with Gasteiger partial charge in [-0.2, -0.15) is 0 Å². The van der Waals surface area contributed by atoms with Crippen molar-refractivity contribution in [1.82, 2.24) is 9.55 Å². The maximum Gasteiger partial charge on any atom is 0.330 e. The van der Waals surface area contributed by atoms with Crippen LogP contribution in [0.25, 0.3) is 0 Å². The number of aromatic nitrogens is 2. The number of hydrogen-bond acceptors (Lipinski definition) is 7. The zero-order valence-electron chi connectivity index (χ0n) is 18.2. The molecule has 2 heterocycles. The van der Waals surface area contributed by atoms with Crippen LogP contribution < -0.4 is 21.9 Å². The number of amides is 1. The van der Waals surface area contributed by atoms with E-state index in [4.69, 9.17) is 19.9 Å². The van der Waals surface area contributed by atoms with E-state index in [2.05, 4.69) is 4.98 Å². The lowest BCUT2D eigenvalue weighted by atomic mass is 10.2. The third kappa shape index (κ3) is 6.06. The van der Waals surface area contributed by atoms with Gasteiger partial charge in [0.15, 0.2) is 5.69 Å². The molecule has 1 saturated heterocycles. The molecule has 1 fully saturated rings. The number of aromatic amines is 1. The van der Waals surface area contributed by atoms with Crippen LogP contribution in [0.3, 0.4) is 0 Å². The molecule has 1 aromatic heterocycles. The van der Waals surface area contributed by atoms with E-state index >= 15 is 0 Å². The van der Waals surface area contributed by atoms with Gasteiger partial charge < -0.3 is 19.9 Å². The van der Waals surface area contributed by atoms with Crippen molar-refractivity contribution in [3.8, 4) is 0 Å². The number of benzene rings is 1. The molecule has 1 unspecified atom stereocenters. The zero-order valence-corrected chi connectivity index (χ0v) is 18.2. The van der Waals surface area contributed by atoms with Gasteiger partial charge >= 0.3 is 5.69 Å². The number of nitrogens with one attached hydrogen (secondary N) is 1. The van der Waals surface area contributed by atoms with Crippen molar-refractivity contribution in [3.05, 3.63) is 56.7 Å². The minimum absolute atomic E-state index is 0.0512. The Kier molecular flexibility index (Phi) is 8.60. The number of H-pyrrole nitrogens is 1. The Labute approximate surface area is 185 Å². The zero-order chi connectivity index (χ0) is 22.9. The second-order valence-electron chi connectivity index (χ2n) is 7.56. The van der Waals surface area contributed by atoms with Gasteiger partial charge in [0, 0.05) is 13.7 Å². The van der Waals surface area contributed by atoms with Gasteiger partial charge in [-0.3, -0.25) is 24.0 Å². The van der Waals surface area contributed by atoms with Crippen molar-refractivity contribution in [2.45, 2.75) is 38.5 Å². The molecule has 0 spiro atoms. The molecule has 1 aliphatic rings. The number of ether oxygens (including phenoxy) is 3. The topological polar surface area (TPSA) is 129 Å². The Morgan fingerprint density at radius 2 is 2.06 bits per heavy atom. The number of rotatable bonds is 11. The monoisotopic (exact) mass is 446 g/mol. The number of nitrogens with zero attached hydrogens (tertiary/aromatic N) is 2. The van der Waals surface area contributed by atoms with Gasteiger partial charge in [-0.15, -0.1) is 0 Å². The van der Waals surface area contributed by atoms with Crippen LogP contribution in [0.2, 0.25) is 0 Å². The van der Waals surface area contributed by atoms with Crippen LogP contribution >= 0.6 is 0 Å². The molecule has 1 aromatic carbocycles. The first-order valence-corrected chi connectivity index (χ1v) is 10.7. The average Bonchev–Trinajstić information content (AvgIpc) is 3.30. The SMILES string of the molecule is COCCn1c(N)c(N(Cc2ccccc2)C(=O)CCOCC2CCCO2)c(=O)[nH]c1=O. The minimum Gasteiger partial charge on any atom is -0.383 e. The molecule has 0 saturated carbocycles. The first-order chi connectivity index (χ1) is 15.5. The van der Waals surface area contributed by atoms with Crippen LogP contribution in [0.1, 0.15) is 24.8 Å². The summed E-state index contributed by atoms with van der Waals surface area (Å²) in [5, 5.41) is 0. The summed E-state index contributed by atoms with van der Waals surface area (Å²) in [6, 6.07) is 9.24. The van der Waals surface area contributed by atoms with Crippen molar-refractivity contribution < 1.29 is 19.0 Å². The Hall–Kier alpha value is -2.95. The fourth-order valence-electron chi connectivity index (χ4n) is 3.59. The molecule has 2 aromatic rings. The van der Waals surface area contributed by atoms with Crippen LogP contribution in [-0.4, -0.2) is 55.1 Å². The van der Waals surface area contributed by atoms with Crippen molar-refractivity contribution in [2.75, 3.05) is 44.2 Å². The third-order valence-corrected chi connectivity index (χ3v) is 5.28. The summed E-state index contributed by atoms with van der Waals surface area (Å²) < 4.78 is 17.4. The van der Waals surface area contributed by atoms with Crippen molar-refractivity contribution in [1.29, 1.82) is 0 Å². The highest BCUT2D eigenvalue weighted by molar-refractivity contribution is 5.95. The second kappa shape index (κ2) is 11.6. The van der Waals surface area contributed by atoms with E-state index in [1.54, 1.807) is 0 Å². The van der Waals surface area contributed by atoms with E-state index in [0.29, 0.717) is 6.61 Å². The van der Waals surface area contributed by atoms with Gasteiger partial charge in [-0.25, -0.2) is 4.79 Å². The summed E-state index contributed by atoms with van der Waals surface area (Å²) in [4.78, 5) is 41.7. The highest BCUT2D eigenvalue weighted by Gasteiger charge is 2.25. The normalized spacial score (nSPS) is 15.7. The highest BCUT2D eigenvalue weighted by atomic mass is 16.5. The largest absolute Gasteiger partial charge is 0.383 e. The molecule has 0 bridgehead atoms. The lowest BCUT2D eigenvalue weighted by Crippen LogP contribution is -2.41. The van der Waals surface area contributed by atoms with E-state index < -0.39 is 11.2 Å². The lowest BCUT2D eigenvalue weighted by Gasteiger charge is -2.25. The molecular formula is C22H30N4O6. The summed E-state index contributed by atoms with van der Waals surface area (Å²) in [5.74, 6) is -0.421. The Morgan fingerprint density at radius 3 is 2.75 bits per heavy atom. The van der Waals surface area contributed by atoms with Gasteiger partial charge in [0.25, 0.3) is 5.56 Å². The molecule has 10 heteroatoms. The maximum atomic E-state index is 13.2. The number of anilines is 2. The molecule has 1 aliphatic heterocycles. The summed E-state index contributed by atoms with van der Waals surface area (Å²) >= 11 is 0. The first-order valence-electron chi connectivity index (χ1n) is 10.7. The van der Waals surface area contributed by atoms with E-state index in [0.717, 1.165) is 25.0 Å². The quantitative estimate of drug-likeness (QED) is 0.490. The molecular weight excluding hydrogens is 416 g/mol. The van der Waals surface area contributed by atoms with Gasteiger partial charge in [0.1, 0.15) is 5.82 Å². The first kappa shape index (κ1) is 23.7. The van der Waals surface area contributed by atoms with E-state index in [9.17, 15) is 14.4 Å². The number of nitrogens with two attached hydrogens (primary N) is 1. The summed E-state index contributed by atoms with van der Waals surface area (Å²) in [5.41, 5.74) is 5.58. The van der Waals surface area contributed by atoms with Crippen molar-refractivity contribution in [2.24, 2.45) is 0 Å². The van der Waals surface area contributed by atoms with Gasteiger partial charge in [-0.1, -0.05) is 30.3 Å². The third-order valence-electron chi connectivity index (χ3n) is 5.28. The molecule has 1 atom stereocenters. The lowest BCUT2D eigenvalue weighted by molar-refractivity contribution is -0.120. The summed E-state index contributed by atoms with van der Waals surface area (Å²) in [6.07, 6.45) is 2.07.